The number of sulfonamides is 1. The van der Waals surface area contributed by atoms with Crippen LogP contribution in [0, 0.1) is 5.92 Å². The maximum Gasteiger partial charge on any atom is 0.222 e. The molecule has 0 bridgehead atoms. The Bertz CT molecular complexity index is 690. The molecule has 0 N–H and O–H groups in total. The van der Waals surface area contributed by atoms with E-state index in [0.717, 1.165) is 12.8 Å². The SMILES string of the molecule is O=C(CC1CCCCC1)N1CCN(S(=O)(=O)C2CCS(=O)(=O)C2)CC1. The minimum atomic E-state index is -3.59. The fourth-order valence-corrected chi connectivity index (χ4v) is 8.68. The molecule has 3 rings (SSSR count). The van der Waals surface area contributed by atoms with E-state index in [0.29, 0.717) is 25.4 Å². The zero-order valence-corrected chi connectivity index (χ0v) is 16.2. The van der Waals surface area contributed by atoms with E-state index in [1.807, 2.05) is 0 Å². The third-order valence-electron chi connectivity index (χ3n) is 5.75. The third kappa shape index (κ3) is 4.54. The van der Waals surface area contributed by atoms with Gasteiger partial charge in [-0.05, 0) is 25.2 Å². The summed E-state index contributed by atoms with van der Waals surface area (Å²) in [5, 5.41) is -0.818. The van der Waals surface area contributed by atoms with Gasteiger partial charge in [0.25, 0.3) is 0 Å². The molecule has 2 heterocycles. The predicted molar refractivity (Wildman–Crippen MR) is 95.3 cm³/mol. The second-order valence-corrected chi connectivity index (χ2v) is 12.0. The fourth-order valence-electron chi connectivity index (χ4n) is 4.17. The molecule has 0 aromatic carbocycles. The van der Waals surface area contributed by atoms with E-state index in [9.17, 15) is 21.6 Å². The summed E-state index contributed by atoms with van der Waals surface area (Å²) in [5.74, 6) is 0.298. The van der Waals surface area contributed by atoms with Gasteiger partial charge in [0, 0.05) is 32.6 Å². The molecule has 2 saturated heterocycles. The Kier molecular flexibility index (Phi) is 5.75. The average Bonchev–Trinajstić information content (AvgIpc) is 2.96. The summed E-state index contributed by atoms with van der Waals surface area (Å²) < 4.78 is 49.8. The molecular weight excluding hydrogens is 364 g/mol. The number of carbonyl (C=O) groups excluding carboxylic acids is 1. The highest BCUT2D eigenvalue weighted by atomic mass is 32.2. The molecule has 3 fully saturated rings. The van der Waals surface area contributed by atoms with Crippen molar-refractivity contribution in [1.82, 2.24) is 9.21 Å². The summed E-state index contributed by atoms with van der Waals surface area (Å²) in [6.45, 7) is 1.36. The lowest BCUT2D eigenvalue weighted by Gasteiger charge is -2.36. The zero-order valence-electron chi connectivity index (χ0n) is 14.6. The van der Waals surface area contributed by atoms with Crippen molar-refractivity contribution in [2.24, 2.45) is 5.92 Å². The van der Waals surface area contributed by atoms with Crippen LogP contribution in [0.1, 0.15) is 44.9 Å². The van der Waals surface area contributed by atoms with Crippen LogP contribution in [0.3, 0.4) is 0 Å². The van der Waals surface area contributed by atoms with Crippen LogP contribution in [-0.4, -0.2) is 74.9 Å². The molecule has 1 aliphatic carbocycles. The van der Waals surface area contributed by atoms with Crippen LogP contribution in [0.5, 0.6) is 0 Å². The molecule has 144 valence electrons. The van der Waals surface area contributed by atoms with Gasteiger partial charge in [-0.1, -0.05) is 19.3 Å². The Balaban J connectivity index is 1.52. The smallest absolute Gasteiger partial charge is 0.222 e. The summed E-state index contributed by atoms with van der Waals surface area (Å²) in [6, 6.07) is 0. The van der Waals surface area contributed by atoms with Crippen LogP contribution in [0.2, 0.25) is 0 Å². The lowest BCUT2D eigenvalue weighted by atomic mass is 9.86. The van der Waals surface area contributed by atoms with Gasteiger partial charge in [-0.15, -0.1) is 0 Å². The summed E-state index contributed by atoms with van der Waals surface area (Å²) >= 11 is 0. The molecule has 1 amide bonds. The molecule has 0 spiro atoms. The summed E-state index contributed by atoms with van der Waals surface area (Å²) in [6.07, 6.45) is 6.67. The van der Waals surface area contributed by atoms with Crippen LogP contribution < -0.4 is 0 Å². The van der Waals surface area contributed by atoms with Gasteiger partial charge in [0.05, 0.1) is 16.8 Å². The number of sulfone groups is 1. The van der Waals surface area contributed by atoms with Gasteiger partial charge in [-0.2, -0.15) is 4.31 Å². The van der Waals surface area contributed by atoms with E-state index in [2.05, 4.69) is 0 Å². The average molecular weight is 393 g/mol. The maximum absolute atomic E-state index is 12.6. The van der Waals surface area contributed by atoms with Gasteiger partial charge in [0.1, 0.15) is 0 Å². The number of rotatable bonds is 4. The monoisotopic (exact) mass is 392 g/mol. The Morgan fingerprint density at radius 2 is 1.60 bits per heavy atom. The largest absolute Gasteiger partial charge is 0.340 e. The number of hydrogen-bond acceptors (Lipinski definition) is 5. The molecule has 0 aromatic rings. The van der Waals surface area contributed by atoms with Gasteiger partial charge >= 0.3 is 0 Å². The summed E-state index contributed by atoms with van der Waals surface area (Å²) in [7, 11) is -6.82. The first-order valence-electron chi connectivity index (χ1n) is 9.25. The summed E-state index contributed by atoms with van der Waals surface area (Å²) in [5.41, 5.74) is 0. The Morgan fingerprint density at radius 3 is 2.16 bits per heavy atom. The number of piperazine rings is 1. The van der Waals surface area contributed by atoms with Crippen molar-refractivity contribution in [1.29, 1.82) is 0 Å². The Hall–Kier alpha value is -0.670. The third-order valence-corrected chi connectivity index (χ3v) is 10.1. The zero-order chi connectivity index (χ0) is 18.1. The van der Waals surface area contributed by atoms with Crippen molar-refractivity contribution in [3.8, 4) is 0 Å². The highest BCUT2D eigenvalue weighted by Crippen LogP contribution is 2.27. The first-order valence-corrected chi connectivity index (χ1v) is 12.6. The van der Waals surface area contributed by atoms with E-state index in [1.54, 1.807) is 4.90 Å². The van der Waals surface area contributed by atoms with E-state index in [1.165, 1.54) is 23.6 Å². The van der Waals surface area contributed by atoms with Crippen LogP contribution >= 0.6 is 0 Å². The summed E-state index contributed by atoms with van der Waals surface area (Å²) in [4.78, 5) is 14.2. The van der Waals surface area contributed by atoms with Gasteiger partial charge in [-0.3, -0.25) is 4.79 Å². The first kappa shape index (κ1) is 19.1. The molecule has 1 atom stereocenters. The van der Waals surface area contributed by atoms with Gasteiger partial charge < -0.3 is 4.90 Å². The number of hydrogen-bond donors (Lipinski definition) is 0. The Morgan fingerprint density at radius 1 is 0.960 bits per heavy atom. The highest BCUT2D eigenvalue weighted by Gasteiger charge is 2.41. The normalized spacial score (nSPS) is 29.0. The molecule has 3 aliphatic rings. The highest BCUT2D eigenvalue weighted by molar-refractivity contribution is 7.95. The van der Waals surface area contributed by atoms with Crippen molar-refractivity contribution in [3.05, 3.63) is 0 Å². The standard InChI is InChI=1S/C16H28N2O5S2/c19-16(12-14-4-2-1-3-5-14)17-7-9-18(10-8-17)25(22,23)15-6-11-24(20,21)13-15/h14-15H,1-13H2. The molecule has 1 unspecified atom stereocenters. The topological polar surface area (TPSA) is 91.8 Å². The van der Waals surface area contributed by atoms with Crippen molar-refractivity contribution in [2.75, 3.05) is 37.7 Å². The second-order valence-electron chi connectivity index (χ2n) is 7.56. The van der Waals surface area contributed by atoms with E-state index in [4.69, 9.17) is 0 Å². The minimum Gasteiger partial charge on any atom is -0.340 e. The molecule has 9 heteroatoms. The van der Waals surface area contributed by atoms with Crippen LogP contribution in [0.4, 0.5) is 0 Å². The maximum atomic E-state index is 12.6. The van der Waals surface area contributed by atoms with E-state index < -0.39 is 25.1 Å². The molecular formula is C16H28N2O5S2. The van der Waals surface area contributed by atoms with E-state index in [-0.39, 0.29) is 36.9 Å². The van der Waals surface area contributed by atoms with Crippen molar-refractivity contribution < 1.29 is 21.6 Å². The molecule has 1 saturated carbocycles. The first-order chi connectivity index (χ1) is 11.8. The van der Waals surface area contributed by atoms with Crippen LogP contribution in [-0.2, 0) is 24.7 Å². The van der Waals surface area contributed by atoms with Crippen LogP contribution in [0.15, 0.2) is 0 Å². The number of amides is 1. The molecule has 0 radical (unpaired) electrons. The van der Waals surface area contributed by atoms with Gasteiger partial charge in [-0.25, -0.2) is 16.8 Å². The quantitative estimate of drug-likeness (QED) is 0.699. The lowest BCUT2D eigenvalue weighted by Crippen LogP contribution is -2.52. The van der Waals surface area contributed by atoms with Crippen molar-refractivity contribution in [2.45, 2.75) is 50.2 Å². The lowest BCUT2D eigenvalue weighted by molar-refractivity contribution is -0.133. The fraction of sp³-hybridized carbons (Fsp3) is 0.938. The number of nitrogens with zero attached hydrogens (tertiary/aromatic N) is 2. The van der Waals surface area contributed by atoms with Gasteiger partial charge in [0.2, 0.25) is 15.9 Å². The molecule has 2 aliphatic heterocycles. The molecule has 7 nitrogen and oxygen atoms in total. The second kappa shape index (κ2) is 7.52. The molecule has 25 heavy (non-hydrogen) atoms. The van der Waals surface area contributed by atoms with Gasteiger partial charge in [0.15, 0.2) is 9.84 Å². The Labute approximate surface area is 150 Å². The van der Waals surface area contributed by atoms with Crippen molar-refractivity contribution in [3.63, 3.8) is 0 Å². The molecule has 0 aromatic heterocycles. The van der Waals surface area contributed by atoms with Crippen LogP contribution in [0.25, 0.3) is 0 Å². The van der Waals surface area contributed by atoms with E-state index >= 15 is 0 Å². The predicted octanol–water partition coefficient (Wildman–Crippen LogP) is 0.618. The minimum absolute atomic E-state index is 0.0449. The van der Waals surface area contributed by atoms with Crippen molar-refractivity contribution >= 4 is 25.8 Å². The number of carbonyl (C=O) groups is 1.